The number of hydrogen-bond acceptors (Lipinski definition) is 3. The molecule has 0 saturated carbocycles. The van der Waals surface area contributed by atoms with Crippen molar-refractivity contribution in [3.63, 3.8) is 0 Å². The molecule has 0 heterocycles. The molecule has 0 saturated heterocycles. The van der Waals surface area contributed by atoms with E-state index in [1.165, 1.54) is 11.8 Å². The van der Waals surface area contributed by atoms with Gasteiger partial charge in [0, 0.05) is 28.0 Å². The average Bonchev–Trinajstić information content (AvgIpc) is 2.72. The Morgan fingerprint density at radius 3 is 2.10 bits per heavy atom. The summed E-state index contributed by atoms with van der Waals surface area (Å²) in [5.74, 6) is 0.372. The van der Waals surface area contributed by atoms with E-state index in [0.717, 1.165) is 10.5 Å². The number of carbonyl (C=O) groups excluding carboxylic acids is 2. The fourth-order valence-electron chi connectivity index (χ4n) is 2.89. The molecule has 2 aromatic carbocycles. The van der Waals surface area contributed by atoms with Crippen molar-refractivity contribution >= 4 is 46.8 Å². The predicted molar refractivity (Wildman–Crippen MR) is 126 cm³/mol. The maximum Gasteiger partial charge on any atom is 0.242 e. The molecule has 1 N–H and O–H groups in total. The summed E-state index contributed by atoms with van der Waals surface area (Å²) in [5, 5.41) is 4.26. The van der Waals surface area contributed by atoms with Crippen LogP contribution in [-0.2, 0) is 16.1 Å². The lowest BCUT2D eigenvalue weighted by Gasteiger charge is -2.31. The molecule has 0 aliphatic heterocycles. The highest BCUT2D eigenvalue weighted by Gasteiger charge is 2.28. The number of nitrogens with one attached hydrogen (secondary N) is 1. The zero-order valence-corrected chi connectivity index (χ0v) is 19.9. The highest BCUT2D eigenvalue weighted by atomic mass is 35.5. The lowest BCUT2D eigenvalue weighted by atomic mass is 10.1. The van der Waals surface area contributed by atoms with Crippen LogP contribution < -0.4 is 5.32 Å². The number of benzene rings is 2. The Balaban J connectivity index is 2.17. The fraction of sp³-hybridized carbons (Fsp3) is 0.391. The second-order valence-electron chi connectivity index (χ2n) is 7.45. The van der Waals surface area contributed by atoms with Crippen LogP contribution in [0.15, 0.2) is 53.4 Å². The van der Waals surface area contributed by atoms with Gasteiger partial charge in [-0.15, -0.1) is 11.8 Å². The van der Waals surface area contributed by atoms with E-state index < -0.39 is 6.04 Å². The monoisotopic (exact) mass is 466 g/mol. The summed E-state index contributed by atoms with van der Waals surface area (Å²) in [6.07, 6.45) is 0.537. The Labute approximate surface area is 193 Å². The molecule has 0 aliphatic carbocycles. The zero-order chi connectivity index (χ0) is 22.1. The van der Waals surface area contributed by atoms with Crippen LogP contribution in [0.4, 0.5) is 0 Å². The maximum atomic E-state index is 13.2. The number of amides is 2. The van der Waals surface area contributed by atoms with Crippen molar-refractivity contribution in [3.8, 4) is 0 Å². The van der Waals surface area contributed by atoms with Crippen molar-refractivity contribution in [2.24, 2.45) is 5.92 Å². The Hall–Kier alpha value is -1.69. The Kier molecular flexibility index (Phi) is 10.0. The fourth-order valence-corrected chi connectivity index (χ4v) is 3.92. The van der Waals surface area contributed by atoms with Gasteiger partial charge in [0.25, 0.3) is 0 Å². The summed E-state index contributed by atoms with van der Waals surface area (Å²) in [6.45, 7) is 6.94. The minimum absolute atomic E-state index is 0.0866. The number of hydrogen-bond donors (Lipinski definition) is 1. The summed E-state index contributed by atoms with van der Waals surface area (Å²) in [7, 11) is 0. The molecule has 0 aromatic heterocycles. The molecule has 2 rings (SSSR count). The smallest absolute Gasteiger partial charge is 0.242 e. The van der Waals surface area contributed by atoms with Gasteiger partial charge < -0.3 is 10.2 Å². The van der Waals surface area contributed by atoms with Gasteiger partial charge in [-0.2, -0.15) is 0 Å². The van der Waals surface area contributed by atoms with E-state index in [1.54, 1.807) is 29.2 Å². The van der Waals surface area contributed by atoms with E-state index in [1.807, 2.05) is 45.0 Å². The van der Waals surface area contributed by atoms with Crippen molar-refractivity contribution in [3.05, 3.63) is 64.1 Å². The molecule has 162 valence electrons. The Morgan fingerprint density at radius 2 is 1.57 bits per heavy atom. The van der Waals surface area contributed by atoms with E-state index in [0.29, 0.717) is 35.5 Å². The third kappa shape index (κ3) is 7.86. The molecule has 4 nitrogen and oxygen atoms in total. The molecule has 0 spiro atoms. The highest BCUT2D eigenvalue weighted by molar-refractivity contribution is 8.00. The quantitative estimate of drug-likeness (QED) is 0.459. The molecule has 0 fully saturated rings. The topological polar surface area (TPSA) is 49.4 Å². The van der Waals surface area contributed by atoms with Gasteiger partial charge in [0.05, 0.1) is 5.75 Å². The zero-order valence-electron chi connectivity index (χ0n) is 17.5. The summed E-state index contributed by atoms with van der Waals surface area (Å²) in [5.41, 5.74) is 0.930. The highest BCUT2D eigenvalue weighted by Crippen LogP contribution is 2.22. The number of thioether (sulfide) groups is 1. The number of halogens is 2. The van der Waals surface area contributed by atoms with Crippen LogP contribution in [-0.4, -0.2) is 35.1 Å². The van der Waals surface area contributed by atoms with Gasteiger partial charge in [-0.1, -0.05) is 56.1 Å². The summed E-state index contributed by atoms with van der Waals surface area (Å²) >= 11 is 13.4. The van der Waals surface area contributed by atoms with Gasteiger partial charge in [-0.05, 0) is 54.3 Å². The molecule has 1 atom stereocenters. The van der Waals surface area contributed by atoms with E-state index in [9.17, 15) is 9.59 Å². The largest absolute Gasteiger partial charge is 0.354 e. The first-order valence-corrected chi connectivity index (χ1v) is 11.7. The third-order valence-electron chi connectivity index (χ3n) is 4.51. The van der Waals surface area contributed by atoms with Gasteiger partial charge in [-0.3, -0.25) is 9.59 Å². The first-order chi connectivity index (χ1) is 14.3. The first kappa shape index (κ1) is 24.6. The molecule has 0 bridgehead atoms. The van der Waals surface area contributed by atoms with Crippen LogP contribution in [0.1, 0.15) is 32.8 Å². The maximum absolute atomic E-state index is 13.2. The minimum atomic E-state index is -0.530. The molecule has 7 heteroatoms. The molecular weight excluding hydrogens is 439 g/mol. The van der Waals surface area contributed by atoms with Gasteiger partial charge in [-0.25, -0.2) is 0 Å². The predicted octanol–water partition coefficient (Wildman–Crippen LogP) is 5.67. The van der Waals surface area contributed by atoms with Crippen LogP contribution in [0.25, 0.3) is 0 Å². The van der Waals surface area contributed by atoms with Crippen molar-refractivity contribution in [2.75, 3.05) is 12.3 Å². The summed E-state index contributed by atoms with van der Waals surface area (Å²) in [4.78, 5) is 28.6. The second-order valence-corrected chi connectivity index (χ2v) is 9.38. The minimum Gasteiger partial charge on any atom is -0.354 e. The molecule has 30 heavy (non-hydrogen) atoms. The Morgan fingerprint density at radius 1 is 1.00 bits per heavy atom. The van der Waals surface area contributed by atoms with Gasteiger partial charge in [0.2, 0.25) is 11.8 Å². The van der Waals surface area contributed by atoms with Crippen LogP contribution in [0.2, 0.25) is 10.0 Å². The SMILES string of the molecule is CCC(C(=O)NCC(C)C)N(Cc1ccc(Cl)cc1)C(=O)CSc1ccc(Cl)cc1. The van der Waals surface area contributed by atoms with Crippen molar-refractivity contribution < 1.29 is 9.59 Å². The van der Waals surface area contributed by atoms with Crippen molar-refractivity contribution in [2.45, 2.75) is 44.7 Å². The van der Waals surface area contributed by atoms with Gasteiger partial charge in [0.1, 0.15) is 6.04 Å². The first-order valence-electron chi connectivity index (χ1n) is 10.00. The van der Waals surface area contributed by atoms with E-state index >= 15 is 0 Å². The Bertz CT molecular complexity index is 826. The van der Waals surface area contributed by atoms with Crippen LogP contribution >= 0.6 is 35.0 Å². The lowest BCUT2D eigenvalue weighted by Crippen LogP contribution is -2.50. The van der Waals surface area contributed by atoms with Crippen LogP contribution in [0, 0.1) is 5.92 Å². The number of carbonyl (C=O) groups is 2. The number of nitrogens with zero attached hydrogens (tertiary/aromatic N) is 1. The standard InChI is InChI=1S/C23H28Cl2N2O2S/c1-4-21(23(29)26-13-16(2)3)27(14-17-5-7-18(24)8-6-17)22(28)15-30-20-11-9-19(25)10-12-20/h5-12,16,21H,4,13-15H2,1-3H3,(H,26,29). The van der Waals surface area contributed by atoms with Gasteiger partial charge in [0.15, 0.2) is 0 Å². The summed E-state index contributed by atoms with van der Waals surface area (Å²) < 4.78 is 0. The van der Waals surface area contributed by atoms with Crippen molar-refractivity contribution in [1.29, 1.82) is 0 Å². The molecule has 2 amide bonds. The molecule has 2 aromatic rings. The molecule has 1 unspecified atom stereocenters. The van der Waals surface area contributed by atoms with Crippen molar-refractivity contribution in [1.82, 2.24) is 10.2 Å². The van der Waals surface area contributed by atoms with Gasteiger partial charge >= 0.3 is 0 Å². The third-order valence-corrected chi connectivity index (χ3v) is 6.01. The molecule has 0 aliphatic rings. The lowest BCUT2D eigenvalue weighted by molar-refractivity contribution is -0.139. The van der Waals surface area contributed by atoms with Crippen LogP contribution in [0.5, 0.6) is 0 Å². The normalized spacial score (nSPS) is 11.9. The van der Waals surface area contributed by atoms with E-state index in [-0.39, 0.29) is 17.6 Å². The summed E-state index contributed by atoms with van der Waals surface area (Å²) in [6, 6.07) is 14.2. The number of rotatable bonds is 10. The second kappa shape index (κ2) is 12.2. The average molecular weight is 467 g/mol. The van der Waals surface area contributed by atoms with E-state index in [4.69, 9.17) is 23.2 Å². The molecular formula is C23H28Cl2N2O2S. The van der Waals surface area contributed by atoms with Crippen LogP contribution in [0.3, 0.4) is 0 Å². The molecule has 0 radical (unpaired) electrons. The van der Waals surface area contributed by atoms with E-state index in [2.05, 4.69) is 5.32 Å².